The standard InChI is InChI=1S/C65H69N/c1-11-22-63(53-25-18-14-19-26-53)66-62(12-2)54-35-31-51(32-36-54)58-39-40-59(44(3)4)61(43-58)60-42-57(30-29-46(60)7)52-33-37-56(38-34-52)65(48(9)41-47(8)50-23-16-13-17-24-50)49(10)64(45(5)6)55-27-20-15-21-28-55/h13-28,31-40,42-45H,8,11-12,29-30,41H2,1-7,9-10H3/b63-22+,64-49+,65-48+,66-62+. The van der Waals surface area contributed by atoms with Crippen LogP contribution in [0.3, 0.4) is 0 Å². The van der Waals surface area contributed by atoms with Gasteiger partial charge < -0.3 is 0 Å². The molecule has 0 radical (unpaired) electrons. The topological polar surface area (TPSA) is 12.4 Å². The number of allylic oxidation sites excluding steroid dienone is 10. The van der Waals surface area contributed by atoms with Gasteiger partial charge in [-0.15, -0.1) is 0 Å². The van der Waals surface area contributed by atoms with E-state index in [9.17, 15) is 0 Å². The summed E-state index contributed by atoms with van der Waals surface area (Å²) in [5.74, 6) is 0.749. The third-order valence-electron chi connectivity index (χ3n) is 13.2. The lowest BCUT2D eigenvalue weighted by Gasteiger charge is -2.24. The maximum absolute atomic E-state index is 5.21. The van der Waals surface area contributed by atoms with Crippen LogP contribution in [0.2, 0.25) is 0 Å². The van der Waals surface area contributed by atoms with Crippen LogP contribution in [0.4, 0.5) is 0 Å². The summed E-state index contributed by atoms with van der Waals surface area (Å²) in [6, 6.07) is 57.7. The van der Waals surface area contributed by atoms with Crippen molar-refractivity contribution in [1.82, 2.24) is 0 Å². The highest BCUT2D eigenvalue weighted by Gasteiger charge is 2.21. The molecule has 334 valence electrons. The second-order valence-electron chi connectivity index (χ2n) is 18.6. The minimum atomic E-state index is 0.358. The van der Waals surface area contributed by atoms with Gasteiger partial charge in [-0.25, -0.2) is 0 Å². The van der Waals surface area contributed by atoms with Crippen molar-refractivity contribution in [2.45, 2.75) is 100 Å². The van der Waals surface area contributed by atoms with Crippen LogP contribution in [0.5, 0.6) is 0 Å². The third kappa shape index (κ3) is 11.1. The molecule has 0 aromatic heterocycles. The lowest BCUT2D eigenvalue weighted by atomic mass is 9.81. The summed E-state index contributed by atoms with van der Waals surface area (Å²) in [6.07, 6.45) is 9.38. The SMILES string of the molecule is C=C(C/C(C)=C(\C(C)=C(\c1ccccc1)C(C)C)c1ccc(C2=CC(c3cc(-c4ccc(/C(CC)=N/C(=C/CC)c5ccccc5)cc4)ccc3C(C)C)=C(C)CC2)cc1)c1ccccc1. The van der Waals surface area contributed by atoms with Crippen molar-refractivity contribution in [1.29, 1.82) is 0 Å². The Bertz CT molecular complexity index is 2820. The van der Waals surface area contributed by atoms with E-state index in [1.165, 1.54) is 89.1 Å². The van der Waals surface area contributed by atoms with Crippen LogP contribution in [-0.2, 0) is 0 Å². The van der Waals surface area contributed by atoms with Crippen molar-refractivity contribution < 1.29 is 0 Å². The van der Waals surface area contributed by atoms with Crippen LogP contribution in [0.15, 0.2) is 198 Å². The number of aliphatic imine (C=N–C) groups is 1. The first-order valence-electron chi connectivity index (χ1n) is 24.3. The van der Waals surface area contributed by atoms with E-state index in [1.54, 1.807) is 0 Å². The molecule has 6 aromatic carbocycles. The van der Waals surface area contributed by atoms with Crippen LogP contribution in [0.25, 0.3) is 44.7 Å². The molecule has 6 aromatic rings. The van der Waals surface area contributed by atoms with Crippen LogP contribution >= 0.6 is 0 Å². The summed E-state index contributed by atoms with van der Waals surface area (Å²) < 4.78 is 0. The fraction of sp³-hybridized carbons (Fsp3) is 0.246. The molecule has 0 heterocycles. The molecule has 1 heteroatoms. The molecule has 0 unspecified atom stereocenters. The molecule has 0 spiro atoms. The average Bonchev–Trinajstić information content (AvgIpc) is 3.34. The predicted octanol–water partition coefficient (Wildman–Crippen LogP) is 18.8. The maximum atomic E-state index is 5.21. The molecule has 1 aliphatic rings. The lowest BCUT2D eigenvalue weighted by Crippen LogP contribution is -2.03. The largest absolute Gasteiger partial charge is 0.253 e. The minimum absolute atomic E-state index is 0.358. The summed E-state index contributed by atoms with van der Waals surface area (Å²) in [7, 11) is 0. The van der Waals surface area contributed by atoms with E-state index in [-0.39, 0.29) is 0 Å². The first-order chi connectivity index (χ1) is 32.0. The highest BCUT2D eigenvalue weighted by atomic mass is 14.8. The molecule has 0 saturated heterocycles. The van der Waals surface area contributed by atoms with E-state index in [4.69, 9.17) is 4.99 Å². The Morgan fingerprint density at radius 1 is 0.621 bits per heavy atom. The first kappa shape index (κ1) is 47.4. The zero-order chi connectivity index (χ0) is 46.7. The molecule has 0 saturated carbocycles. The van der Waals surface area contributed by atoms with E-state index < -0.39 is 0 Å². The minimum Gasteiger partial charge on any atom is -0.253 e. The summed E-state index contributed by atoms with van der Waals surface area (Å²) >= 11 is 0. The summed E-state index contributed by atoms with van der Waals surface area (Å²) in [6.45, 7) is 25.1. The summed E-state index contributed by atoms with van der Waals surface area (Å²) in [4.78, 5) is 5.21. The zero-order valence-corrected chi connectivity index (χ0v) is 41.0. The number of hydrogen-bond donors (Lipinski definition) is 0. The van der Waals surface area contributed by atoms with Crippen molar-refractivity contribution in [2.24, 2.45) is 10.9 Å². The Kier molecular flexibility index (Phi) is 15.9. The molecule has 0 aliphatic heterocycles. The van der Waals surface area contributed by atoms with Crippen molar-refractivity contribution in [3.05, 3.63) is 238 Å². The van der Waals surface area contributed by atoms with E-state index >= 15 is 0 Å². The number of rotatable bonds is 16. The Morgan fingerprint density at radius 2 is 1.18 bits per heavy atom. The Morgan fingerprint density at radius 3 is 1.76 bits per heavy atom. The van der Waals surface area contributed by atoms with Gasteiger partial charge in [0.25, 0.3) is 0 Å². The maximum Gasteiger partial charge on any atom is 0.0665 e. The van der Waals surface area contributed by atoms with Gasteiger partial charge in [0.15, 0.2) is 0 Å². The van der Waals surface area contributed by atoms with Crippen LogP contribution in [0.1, 0.15) is 145 Å². The molecule has 0 amide bonds. The van der Waals surface area contributed by atoms with Crippen LogP contribution < -0.4 is 0 Å². The third-order valence-corrected chi connectivity index (χ3v) is 13.2. The van der Waals surface area contributed by atoms with Gasteiger partial charge >= 0.3 is 0 Å². The molecule has 7 rings (SSSR count). The molecule has 0 atom stereocenters. The van der Waals surface area contributed by atoms with Gasteiger partial charge in [-0.3, -0.25) is 4.99 Å². The van der Waals surface area contributed by atoms with E-state index in [0.29, 0.717) is 11.8 Å². The normalized spacial score (nSPS) is 14.3. The van der Waals surface area contributed by atoms with E-state index in [1.807, 2.05) is 0 Å². The molecule has 66 heavy (non-hydrogen) atoms. The van der Waals surface area contributed by atoms with Crippen LogP contribution in [0, 0.1) is 5.92 Å². The zero-order valence-electron chi connectivity index (χ0n) is 41.0. The van der Waals surface area contributed by atoms with Crippen molar-refractivity contribution in [3.8, 4) is 11.1 Å². The molecule has 1 nitrogen and oxygen atoms in total. The van der Waals surface area contributed by atoms with Gasteiger partial charge in [-0.2, -0.15) is 0 Å². The monoisotopic (exact) mass is 864 g/mol. The molecular weight excluding hydrogens is 795 g/mol. The second-order valence-corrected chi connectivity index (χ2v) is 18.6. The number of nitrogens with zero attached hydrogens (tertiary/aromatic N) is 1. The van der Waals surface area contributed by atoms with E-state index in [0.717, 1.165) is 54.6 Å². The number of hydrogen-bond acceptors (Lipinski definition) is 1. The summed E-state index contributed by atoms with van der Waals surface area (Å²) in [5.41, 5.74) is 25.4. The van der Waals surface area contributed by atoms with E-state index in [2.05, 4.69) is 239 Å². The van der Waals surface area contributed by atoms with Crippen molar-refractivity contribution in [2.75, 3.05) is 0 Å². The smallest absolute Gasteiger partial charge is 0.0665 e. The molecular formula is C65H69N. The lowest BCUT2D eigenvalue weighted by molar-refractivity contribution is 0.850. The summed E-state index contributed by atoms with van der Waals surface area (Å²) in [5, 5.41) is 0. The first-order valence-corrected chi connectivity index (χ1v) is 24.3. The highest BCUT2D eigenvalue weighted by molar-refractivity contribution is 6.03. The van der Waals surface area contributed by atoms with Crippen molar-refractivity contribution in [3.63, 3.8) is 0 Å². The quantitative estimate of drug-likeness (QED) is 0.0679. The molecule has 1 aliphatic carbocycles. The molecule has 0 N–H and O–H groups in total. The molecule has 0 bridgehead atoms. The fourth-order valence-corrected chi connectivity index (χ4v) is 9.77. The predicted molar refractivity (Wildman–Crippen MR) is 290 cm³/mol. The van der Waals surface area contributed by atoms with Gasteiger partial charge in [0.1, 0.15) is 0 Å². The van der Waals surface area contributed by atoms with Gasteiger partial charge in [-0.05, 0) is 160 Å². The van der Waals surface area contributed by atoms with Gasteiger partial charge in [0, 0.05) is 5.71 Å². The Labute approximate surface area is 397 Å². The van der Waals surface area contributed by atoms with Gasteiger partial charge in [0.2, 0.25) is 0 Å². The fourth-order valence-electron chi connectivity index (χ4n) is 9.77. The number of benzene rings is 6. The van der Waals surface area contributed by atoms with Crippen LogP contribution in [-0.4, -0.2) is 5.71 Å². The van der Waals surface area contributed by atoms with Gasteiger partial charge in [0.05, 0.1) is 5.70 Å². The Balaban J connectivity index is 1.22. The van der Waals surface area contributed by atoms with Gasteiger partial charge in [-0.1, -0.05) is 223 Å². The Hall–Kier alpha value is -6.57. The highest BCUT2D eigenvalue weighted by Crippen LogP contribution is 2.42. The second kappa shape index (κ2) is 22.1. The van der Waals surface area contributed by atoms with Crippen molar-refractivity contribution >= 4 is 39.3 Å². The average molecular weight is 864 g/mol. The molecule has 0 fully saturated rings.